The fourth-order valence-corrected chi connectivity index (χ4v) is 4.31. The van der Waals surface area contributed by atoms with E-state index in [1.54, 1.807) is 35.2 Å². The fourth-order valence-electron chi connectivity index (χ4n) is 2.81. The standard InChI is InChI=1S/C20H22N2O5S2/c1-25-16-9-14-15(10-17(16)26-2)21-12-22(20(14)24)8-4-5-18(23)27-11-13-6-7-19(28-3)29-13/h6-7,9-10,12H,4-5,8,11H2,1-3H3. The second-order valence-corrected chi connectivity index (χ2v) is 8.43. The highest BCUT2D eigenvalue weighted by molar-refractivity contribution is 8.00. The van der Waals surface area contributed by atoms with E-state index in [4.69, 9.17) is 14.2 Å². The van der Waals surface area contributed by atoms with Crippen molar-refractivity contribution >= 4 is 40.0 Å². The van der Waals surface area contributed by atoms with Gasteiger partial charge in [-0.15, -0.1) is 23.1 Å². The molecule has 3 aromatic rings. The lowest BCUT2D eigenvalue weighted by Gasteiger charge is -2.10. The summed E-state index contributed by atoms with van der Waals surface area (Å²) in [6, 6.07) is 7.28. The van der Waals surface area contributed by atoms with E-state index < -0.39 is 0 Å². The summed E-state index contributed by atoms with van der Waals surface area (Å²) in [4.78, 5) is 30.0. The van der Waals surface area contributed by atoms with Crippen LogP contribution in [0.3, 0.4) is 0 Å². The van der Waals surface area contributed by atoms with Gasteiger partial charge in [-0.1, -0.05) is 0 Å². The van der Waals surface area contributed by atoms with Gasteiger partial charge in [-0.25, -0.2) is 4.98 Å². The molecule has 0 spiro atoms. The number of hydrogen-bond donors (Lipinski definition) is 0. The van der Waals surface area contributed by atoms with Crippen LogP contribution in [0.25, 0.3) is 10.9 Å². The third kappa shape index (κ3) is 5.10. The number of thioether (sulfide) groups is 1. The summed E-state index contributed by atoms with van der Waals surface area (Å²) < 4.78 is 18.5. The Morgan fingerprint density at radius 1 is 1.21 bits per heavy atom. The van der Waals surface area contributed by atoms with Crippen molar-refractivity contribution in [2.75, 3.05) is 20.5 Å². The van der Waals surface area contributed by atoms with Crippen LogP contribution in [-0.4, -0.2) is 36.0 Å². The average Bonchev–Trinajstić information content (AvgIpc) is 3.21. The second kappa shape index (κ2) is 9.80. The van der Waals surface area contributed by atoms with E-state index in [2.05, 4.69) is 4.98 Å². The molecule has 7 nitrogen and oxygen atoms in total. The second-order valence-electron chi connectivity index (χ2n) is 6.16. The molecule has 0 saturated heterocycles. The number of carbonyl (C=O) groups is 1. The van der Waals surface area contributed by atoms with Gasteiger partial charge >= 0.3 is 5.97 Å². The Balaban J connectivity index is 1.59. The lowest BCUT2D eigenvalue weighted by molar-refractivity contribution is -0.145. The molecule has 2 aromatic heterocycles. The third-order valence-electron chi connectivity index (χ3n) is 4.32. The molecule has 0 aliphatic rings. The molecule has 0 atom stereocenters. The Kier molecular flexibility index (Phi) is 7.16. The number of rotatable bonds is 9. The van der Waals surface area contributed by atoms with E-state index in [0.29, 0.717) is 35.4 Å². The number of thiophene rings is 1. The minimum atomic E-state index is -0.280. The molecule has 2 heterocycles. The number of aromatic nitrogens is 2. The molecule has 0 N–H and O–H groups in total. The van der Waals surface area contributed by atoms with Gasteiger partial charge in [-0.05, 0) is 30.9 Å². The number of esters is 1. The summed E-state index contributed by atoms with van der Waals surface area (Å²) in [6.07, 6.45) is 4.21. The molecule has 1 aromatic carbocycles. The van der Waals surface area contributed by atoms with E-state index >= 15 is 0 Å². The van der Waals surface area contributed by atoms with Gasteiger partial charge in [0.1, 0.15) is 6.61 Å². The van der Waals surface area contributed by atoms with Crippen molar-refractivity contribution in [3.8, 4) is 11.5 Å². The monoisotopic (exact) mass is 434 g/mol. The maximum atomic E-state index is 12.7. The van der Waals surface area contributed by atoms with Crippen molar-refractivity contribution in [3.05, 3.63) is 45.8 Å². The van der Waals surface area contributed by atoms with E-state index in [9.17, 15) is 9.59 Å². The Morgan fingerprint density at radius 3 is 2.66 bits per heavy atom. The number of carbonyl (C=O) groups excluding carboxylic acids is 1. The van der Waals surface area contributed by atoms with Gasteiger partial charge < -0.3 is 14.2 Å². The number of benzene rings is 1. The first-order valence-electron chi connectivity index (χ1n) is 8.95. The highest BCUT2D eigenvalue weighted by Crippen LogP contribution is 2.30. The zero-order chi connectivity index (χ0) is 20.8. The van der Waals surface area contributed by atoms with Crippen LogP contribution in [0, 0.1) is 0 Å². The van der Waals surface area contributed by atoms with Gasteiger partial charge in [-0.2, -0.15) is 0 Å². The molecule has 29 heavy (non-hydrogen) atoms. The molecule has 0 unspecified atom stereocenters. The Bertz CT molecular complexity index is 1060. The third-order valence-corrected chi connectivity index (χ3v) is 6.46. The predicted octanol–water partition coefficient (Wildman–Crippen LogP) is 3.72. The van der Waals surface area contributed by atoms with Crippen LogP contribution in [0.1, 0.15) is 17.7 Å². The number of nitrogens with zero attached hydrogens (tertiary/aromatic N) is 2. The number of ether oxygens (including phenoxy) is 3. The van der Waals surface area contributed by atoms with Crippen LogP contribution >= 0.6 is 23.1 Å². The first-order valence-corrected chi connectivity index (χ1v) is 11.0. The van der Waals surface area contributed by atoms with Gasteiger partial charge in [-0.3, -0.25) is 14.2 Å². The van der Waals surface area contributed by atoms with Gasteiger partial charge in [0.25, 0.3) is 5.56 Å². The lowest BCUT2D eigenvalue weighted by Crippen LogP contribution is -2.21. The van der Waals surface area contributed by atoms with Crippen LogP contribution in [0.15, 0.2) is 39.6 Å². The van der Waals surface area contributed by atoms with Crippen LogP contribution in [0.5, 0.6) is 11.5 Å². The maximum absolute atomic E-state index is 12.7. The summed E-state index contributed by atoms with van der Waals surface area (Å²) in [7, 11) is 3.05. The Morgan fingerprint density at radius 2 is 1.97 bits per heavy atom. The van der Waals surface area contributed by atoms with Crippen molar-refractivity contribution in [2.45, 2.75) is 30.2 Å². The Hall–Kier alpha value is -2.52. The van der Waals surface area contributed by atoms with Crippen LogP contribution in [0.2, 0.25) is 0 Å². The van der Waals surface area contributed by atoms with Crippen LogP contribution < -0.4 is 15.0 Å². The smallest absolute Gasteiger partial charge is 0.306 e. The Labute approximate surface area is 176 Å². The van der Waals surface area contributed by atoms with E-state index in [0.717, 1.165) is 4.88 Å². The summed E-state index contributed by atoms with van der Waals surface area (Å²) >= 11 is 3.28. The van der Waals surface area contributed by atoms with Gasteiger partial charge in [0.05, 0.1) is 35.7 Å². The zero-order valence-corrected chi connectivity index (χ0v) is 18.1. The SMILES string of the molecule is COc1cc2ncn(CCCC(=O)OCc3ccc(SC)s3)c(=O)c2cc1OC. The average molecular weight is 435 g/mol. The molecule has 154 valence electrons. The molecular weight excluding hydrogens is 412 g/mol. The lowest BCUT2D eigenvalue weighted by atomic mass is 10.2. The number of aryl methyl sites for hydroxylation is 1. The summed E-state index contributed by atoms with van der Waals surface area (Å²) in [5.41, 5.74) is 0.344. The summed E-state index contributed by atoms with van der Waals surface area (Å²) in [6.45, 7) is 0.657. The summed E-state index contributed by atoms with van der Waals surface area (Å²) in [5, 5.41) is 0.440. The first kappa shape index (κ1) is 21.2. The zero-order valence-electron chi connectivity index (χ0n) is 16.5. The van der Waals surface area contributed by atoms with Gasteiger partial charge in [0, 0.05) is 23.9 Å². The summed E-state index contributed by atoms with van der Waals surface area (Å²) in [5.74, 6) is 0.707. The largest absolute Gasteiger partial charge is 0.493 e. The van der Waals surface area contributed by atoms with Crippen molar-refractivity contribution in [2.24, 2.45) is 0 Å². The molecule has 0 radical (unpaired) electrons. The molecule has 0 aliphatic carbocycles. The van der Waals surface area contributed by atoms with Crippen molar-refractivity contribution in [3.63, 3.8) is 0 Å². The van der Waals surface area contributed by atoms with Crippen LogP contribution in [-0.2, 0) is 22.7 Å². The minimum absolute atomic E-state index is 0.187. The number of hydrogen-bond acceptors (Lipinski definition) is 8. The quantitative estimate of drug-likeness (QED) is 0.375. The fraction of sp³-hybridized carbons (Fsp3) is 0.350. The van der Waals surface area contributed by atoms with Crippen molar-refractivity contribution in [1.82, 2.24) is 9.55 Å². The number of methoxy groups -OCH3 is 2. The molecule has 3 rings (SSSR count). The van der Waals surface area contributed by atoms with Gasteiger partial charge in [0.15, 0.2) is 11.5 Å². The normalized spacial score (nSPS) is 10.9. The number of fused-ring (bicyclic) bond motifs is 1. The first-order chi connectivity index (χ1) is 14.0. The molecule has 9 heteroatoms. The van der Waals surface area contributed by atoms with E-state index in [-0.39, 0.29) is 24.6 Å². The molecule has 0 saturated carbocycles. The highest BCUT2D eigenvalue weighted by Gasteiger charge is 2.12. The maximum Gasteiger partial charge on any atom is 0.306 e. The molecule has 0 fully saturated rings. The predicted molar refractivity (Wildman–Crippen MR) is 114 cm³/mol. The molecular formula is C20H22N2O5S2. The molecule has 0 aliphatic heterocycles. The topological polar surface area (TPSA) is 79.7 Å². The molecule has 0 bridgehead atoms. The van der Waals surface area contributed by atoms with Crippen molar-refractivity contribution in [1.29, 1.82) is 0 Å². The highest BCUT2D eigenvalue weighted by atomic mass is 32.2. The van der Waals surface area contributed by atoms with E-state index in [1.807, 2.05) is 18.4 Å². The van der Waals surface area contributed by atoms with Crippen LogP contribution in [0.4, 0.5) is 0 Å². The van der Waals surface area contributed by atoms with Gasteiger partial charge in [0.2, 0.25) is 0 Å². The van der Waals surface area contributed by atoms with Crippen molar-refractivity contribution < 1.29 is 19.0 Å². The minimum Gasteiger partial charge on any atom is -0.493 e. The van der Waals surface area contributed by atoms with E-state index in [1.165, 1.54) is 29.3 Å². The molecule has 0 amide bonds.